The zero-order valence-corrected chi connectivity index (χ0v) is 61.9. The molecule has 0 aliphatic carbocycles. The quantitative estimate of drug-likeness (QED) is 0.113. The van der Waals surface area contributed by atoms with E-state index in [9.17, 15) is 0 Å². The minimum Gasteiger partial charge on any atom is -0.0622 e. The van der Waals surface area contributed by atoms with Gasteiger partial charge in [0.25, 0.3) is 0 Å². The fourth-order valence-corrected chi connectivity index (χ4v) is 17.0. The normalized spacial score (nSPS) is 11.2. The van der Waals surface area contributed by atoms with Crippen LogP contribution in [0.3, 0.4) is 0 Å². The number of rotatable bonds is 11. The standard InChI is InChI=1S/2C38H26.C36H24/c1-3-13-27(14-4-1)29-17-11-19-31(25-29)37-33-21-7-9-23-35(33)38(36-24-10-8-22-34(36)37)32-20-12-18-30(26-32)28-15-5-2-6-16-28;1-3-12-27(13-4-1)29-22-24-30(25-23-29)37-33-18-7-9-20-35(33)38(36-21-10-8-19-34(36)37)32-17-11-16-31(26-32)28-14-5-2-6-15-28;1-2-11-25(12-3-1)26-21-23-28(24-22-26)35-31-16-6-8-18-33(31)36(34-19-9-7-17-32(34)35)30-20-10-14-27-13-4-5-15-29(27)30/h2*1-26H;1-24H. The summed E-state index contributed by atoms with van der Waals surface area (Å²) in [6.45, 7) is 0. The lowest BCUT2D eigenvalue weighted by Gasteiger charge is -2.19. The van der Waals surface area contributed by atoms with E-state index in [1.807, 2.05) is 0 Å². The third-order valence-electron chi connectivity index (χ3n) is 22.2. The third kappa shape index (κ3) is 13.1. The molecule has 0 aromatic heterocycles. The van der Waals surface area contributed by atoms with Crippen molar-refractivity contribution in [1.82, 2.24) is 0 Å². The summed E-state index contributed by atoms with van der Waals surface area (Å²) in [7, 11) is 0. The highest BCUT2D eigenvalue weighted by Gasteiger charge is 2.22. The molecule has 0 aliphatic rings. The molecular formula is C112H76. The fraction of sp³-hybridized carbons (Fsp3) is 0. The molecule has 0 nitrogen and oxygen atoms in total. The predicted octanol–water partition coefficient (Wildman–Crippen LogP) is 31.5. The van der Waals surface area contributed by atoms with Gasteiger partial charge in [0.2, 0.25) is 0 Å². The van der Waals surface area contributed by atoms with Gasteiger partial charge in [-0.15, -0.1) is 0 Å². The Bertz CT molecular complexity index is 6670. The Kier molecular flexibility index (Phi) is 18.6. The molecule has 0 atom stereocenters. The van der Waals surface area contributed by atoms with Crippen LogP contribution in [0.15, 0.2) is 461 Å². The van der Waals surface area contributed by atoms with Crippen LogP contribution in [0.5, 0.6) is 0 Å². The first kappa shape index (κ1) is 68.0. The van der Waals surface area contributed by atoms with Crippen molar-refractivity contribution in [2.75, 3.05) is 0 Å². The van der Waals surface area contributed by atoms with Gasteiger partial charge in [-0.25, -0.2) is 0 Å². The molecule has 0 heterocycles. The maximum Gasteiger partial charge on any atom is -0.00201 e. The lowest BCUT2D eigenvalue weighted by molar-refractivity contribution is 1.60. The molecule has 0 saturated heterocycles. The first-order chi connectivity index (χ1) is 55.6. The molecule has 0 N–H and O–H groups in total. The first-order valence-corrected chi connectivity index (χ1v) is 38.7. The first-order valence-electron chi connectivity index (χ1n) is 38.7. The lowest BCUT2D eigenvalue weighted by Crippen LogP contribution is -1.91. The van der Waals surface area contributed by atoms with Gasteiger partial charge in [-0.05, 0) is 216 Å². The van der Waals surface area contributed by atoms with Gasteiger partial charge in [-0.1, -0.05) is 443 Å². The number of fused-ring (bicyclic) bond motifs is 7. The van der Waals surface area contributed by atoms with Gasteiger partial charge in [-0.3, -0.25) is 0 Å². The smallest absolute Gasteiger partial charge is 0.00201 e. The minimum atomic E-state index is 1.23. The van der Waals surface area contributed by atoms with E-state index in [2.05, 4.69) is 461 Å². The zero-order valence-electron chi connectivity index (χ0n) is 61.9. The summed E-state index contributed by atoms with van der Waals surface area (Å²) in [5.74, 6) is 0. The molecule has 0 aliphatic heterocycles. The van der Waals surface area contributed by atoms with Crippen LogP contribution in [0.1, 0.15) is 0 Å². The van der Waals surface area contributed by atoms with Crippen molar-refractivity contribution in [2.24, 2.45) is 0 Å². The second-order valence-electron chi connectivity index (χ2n) is 28.8. The van der Waals surface area contributed by atoms with Gasteiger partial charge in [0, 0.05) is 0 Å². The Morgan fingerprint density at radius 3 is 0.536 bits per heavy atom. The van der Waals surface area contributed by atoms with Gasteiger partial charge in [0.15, 0.2) is 0 Å². The van der Waals surface area contributed by atoms with E-state index in [1.165, 1.54) is 198 Å². The summed E-state index contributed by atoms with van der Waals surface area (Å²) in [6.07, 6.45) is 0. The van der Waals surface area contributed by atoms with Crippen molar-refractivity contribution < 1.29 is 0 Å². The Morgan fingerprint density at radius 1 is 0.0893 bits per heavy atom. The summed E-state index contributed by atoms with van der Waals surface area (Å²) in [4.78, 5) is 0. The highest BCUT2D eigenvalue weighted by molar-refractivity contribution is 6.25. The van der Waals surface area contributed by atoms with Crippen molar-refractivity contribution in [2.45, 2.75) is 0 Å². The summed E-state index contributed by atoms with van der Waals surface area (Å²) < 4.78 is 0. The maximum atomic E-state index is 2.33. The summed E-state index contributed by atoms with van der Waals surface area (Å²) in [5.41, 5.74) is 27.6. The third-order valence-corrected chi connectivity index (χ3v) is 22.2. The van der Waals surface area contributed by atoms with Gasteiger partial charge >= 0.3 is 0 Å². The molecule has 0 heteroatoms. The van der Waals surface area contributed by atoms with Crippen molar-refractivity contribution in [3.63, 3.8) is 0 Å². The fourth-order valence-electron chi connectivity index (χ4n) is 17.0. The molecule has 0 amide bonds. The van der Waals surface area contributed by atoms with Gasteiger partial charge in [0.1, 0.15) is 0 Å². The van der Waals surface area contributed by atoms with Crippen LogP contribution in [0.25, 0.3) is 198 Å². The Hall–Kier alpha value is -14.6. The molecule has 21 aromatic rings. The molecular weight excluding hydrogens is 1350 g/mol. The Balaban J connectivity index is 0.000000113. The average Bonchev–Trinajstić information content (AvgIpc) is 0.742. The van der Waals surface area contributed by atoms with Crippen molar-refractivity contribution in [1.29, 1.82) is 0 Å². The molecule has 112 heavy (non-hydrogen) atoms. The molecule has 21 aromatic carbocycles. The number of hydrogen-bond donors (Lipinski definition) is 0. The van der Waals surface area contributed by atoms with E-state index >= 15 is 0 Å². The molecule has 0 saturated carbocycles. The predicted molar refractivity (Wildman–Crippen MR) is 482 cm³/mol. The molecule has 0 fully saturated rings. The maximum absolute atomic E-state index is 2.33. The van der Waals surface area contributed by atoms with Crippen molar-refractivity contribution in [3.8, 4) is 122 Å². The highest BCUT2D eigenvalue weighted by atomic mass is 14.3. The number of hydrogen-bond acceptors (Lipinski definition) is 0. The van der Waals surface area contributed by atoms with Crippen LogP contribution in [-0.2, 0) is 0 Å². The Morgan fingerprint density at radius 2 is 0.259 bits per heavy atom. The van der Waals surface area contributed by atoms with E-state index in [-0.39, 0.29) is 0 Å². The summed E-state index contributed by atoms with van der Waals surface area (Å²) in [6, 6.07) is 167. The van der Waals surface area contributed by atoms with Crippen LogP contribution in [-0.4, -0.2) is 0 Å². The van der Waals surface area contributed by atoms with E-state index in [0.29, 0.717) is 0 Å². The molecule has 524 valence electrons. The van der Waals surface area contributed by atoms with Gasteiger partial charge < -0.3 is 0 Å². The largest absolute Gasteiger partial charge is 0.0622 e. The van der Waals surface area contributed by atoms with E-state index < -0.39 is 0 Å². The van der Waals surface area contributed by atoms with E-state index in [1.54, 1.807) is 0 Å². The van der Waals surface area contributed by atoms with Crippen molar-refractivity contribution in [3.05, 3.63) is 461 Å². The molecule has 0 spiro atoms. The second kappa shape index (κ2) is 30.6. The van der Waals surface area contributed by atoms with Crippen LogP contribution in [0.4, 0.5) is 0 Å². The van der Waals surface area contributed by atoms with Gasteiger partial charge in [-0.2, -0.15) is 0 Å². The van der Waals surface area contributed by atoms with E-state index in [0.717, 1.165) is 0 Å². The SMILES string of the molecule is c1ccc(-c2ccc(-c3c4ccccc4c(-c4cccc(-c5ccccc5)c4)c4ccccc34)cc2)cc1.c1ccc(-c2ccc(-c3c4ccccc4c(-c4cccc5ccccc45)c4ccccc34)cc2)cc1.c1ccc(-c2cccc(-c3c4ccccc4c(-c4cccc(-c5ccccc5)c4)c4ccccc34)c2)cc1. The molecule has 0 bridgehead atoms. The monoisotopic (exact) mass is 1420 g/mol. The highest BCUT2D eigenvalue weighted by Crippen LogP contribution is 2.49. The van der Waals surface area contributed by atoms with Crippen LogP contribution in [0, 0.1) is 0 Å². The molecule has 0 unspecified atom stereocenters. The van der Waals surface area contributed by atoms with Crippen LogP contribution >= 0.6 is 0 Å². The summed E-state index contributed by atoms with van der Waals surface area (Å²) >= 11 is 0. The molecule has 0 radical (unpaired) electrons. The minimum absolute atomic E-state index is 1.23. The van der Waals surface area contributed by atoms with Gasteiger partial charge in [0.05, 0.1) is 0 Å². The topological polar surface area (TPSA) is 0 Å². The lowest BCUT2D eigenvalue weighted by atomic mass is 9.84. The number of benzene rings is 21. The van der Waals surface area contributed by atoms with E-state index in [4.69, 9.17) is 0 Å². The zero-order chi connectivity index (χ0) is 74.5. The second-order valence-corrected chi connectivity index (χ2v) is 28.8. The average molecular weight is 1420 g/mol. The Labute approximate surface area is 654 Å². The molecule has 21 rings (SSSR count). The van der Waals surface area contributed by atoms with Crippen molar-refractivity contribution >= 4 is 75.4 Å². The van der Waals surface area contributed by atoms with Crippen LogP contribution in [0.2, 0.25) is 0 Å². The van der Waals surface area contributed by atoms with Crippen LogP contribution < -0.4 is 0 Å². The summed E-state index contributed by atoms with van der Waals surface area (Å²) in [5, 5.41) is 17.9.